The van der Waals surface area contributed by atoms with Crippen molar-refractivity contribution in [3.05, 3.63) is 30.1 Å². The number of nitrogens with one attached hydrogen (secondary N) is 2. The fraction of sp³-hybridized carbons (Fsp3) is 0.684. The van der Waals surface area contributed by atoms with Gasteiger partial charge in [-0.15, -0.1) is 24.0 Å². The number of pyridine rings is 1. The van der Waals surface area contributed by atoms with Crippen LogP contribution in [0.2, 0.25) is 0 Å². The molecule has 3 rings (SSSR count). The van der Waals surface area contributed by atoms with Crippen molar-refractivity contribution in [1.82, 2.24) is 20.5 Å². The number of halogens is 1. The van der Waals surface area contributed by atoms with E-state index in [2.05, 4.69) is 25.5 Å². The Kier molecular flexibility index (Phi) is 9.07. The second-order valence-electron chi connectivity index (χ2n) is 6.98. The summed E-state index contributed by atoms with van der Waals surface area (Å²) >= 11 is 0. The standard InChI is InChI=1S/C19H31N5O.HI/c1-20-18(22-15-17-7-3-6-10-21-17)23-16-19(8-4-2-5-9-19)24-11-13-25-14-12-24;/h3,6-7,10H,2,4-5,8-9,11-16H2,1H3,(H2,20,22,23);1H. The highest BCUT2D eigenvalue weighted by molar-refractivity contribution is 14.0. The second kappa shape index (κ2) is 11.0. The van der Waals surface area contributed by atoms with E-state index in [4.69, 9.17) is 4.74 Å². The van der Waals surface area contributed by atoms with Crippen LogP contribution in [0.1, 0.15) is 37.8 Å². The largest absolute Gasteiger partial charge is 0.379 e. The Bertz CT molecular complexity index is 542. The van der Waals surface area contributed by atoms with E-state index in [0.29, 0.717) is 6.54 Å². The molecule has 2 aliphatic rings. The Morgan fingerprint density at radius 3 is 2.62 bits per heavy atom. The third kappa shape index (κ3) is 5.79. The predicted octanol–water partition coefficient (Wildman–Crippen LogP) is 2.40. The van der Waals surface area contributed by atoms with E-state index < -0.39 is 0 Å². The molecule has 1 saturated heterocycles. The van der Waals surface area contributed by atoms with Crippen molar-refractivity contribution in [3.8, 4) is 0 Å². The molecule has 1 aliphatic carbocycles. The maximum absolute atomic E-state index is 5.56. The lowest BCUT2D eigenvalue weighted by Gasteiger charge is -2.48. The molecule has 0 aromatic carbocycles. The number of aliphatic imine (C=N–C) groups is 1. The molecule has 7 heteroatoms. The molecule has 1 saturated carbocycles. The van der Waals surface area contributed by atoms with Gasteiger partial charge in [-0.2, -0.15) is 0 Å². The molecule has 0 atom stereocenters. The second-order valence-corrected chi connectivity index (χ2v) is 6.98. The van der Waals surface area contributed by atoms with E-state index in [1.807, 2.05) is 31.4 Å². The minimum Gasteiger partial charge on any atom is -0.379 e. The molecule has 1 aromatic heterocycles. The minimum absolute atomic E-state index is 0. The summed E-state index contributed by atoms with van der Waals surface area (Å²) in [5.74, 6) is 0.851. The Balaban J connectivity index is 0.00000243. The first kappa shape index (κ1) is 21.4. The summed E-state index contributed by atoms with van der Waals surface area (Å²) in [6.07, 6.45) is 8.34. The Hall–Kier alpha value is -0.930. The van der Waals surface area contributed by atoms with Crippen LogP contribution in [0.4, 0.5) is 0 Å². The molecule has 2 fully saturated rings. The van der Waals surface area contributed by atoms with Gasteiger partial charge in [0.1, 0.15) is 0 Å². The van der Waals surface area contributed by atoms with Crippen molar-refractivity contribution in [2.45, 2.75) is 44.2 Å². The summed E-state index contributed by atoms with van der Waals surface area (Å²) in [6.45, 7) is 5.42. The van der Waals surface area contributed by atoms with Crippen LogP contribution >= 0.6 is 24.0 Å². The lowest BCUT2D eigenvalue weighted by atomic mass is 9.80. The highest BCUT2D eigenvalue weighted by Gasteiger charge is 2.38. The molecular weight excluding hydrogens is 441 g/mol. The molecule has 1 aromatic rings. The van der Waals surface area contributed by atoms with E-state index >= 15 is 0 Å². The van der Waals surface area contributed by atoms with Gasteiger partial charge in [0.2, 0.25) is 0 Å². The Morgan fingerprint density at radius 1 is 1.19 bits per heavy atom. The van der Waals surface area contributed by atoms with Crippen LogP contribution in [0.15, 0.2) is 29.4 Å². The molecule has 1 aliphatic heterocycles. The number of ether oxygens (including phenoxy) is 1. The zero-order chi connectivity index (χ0) is 17.4. The van der Waals surface area contributed by atoms with E-state index in [9.17, 15) is 0 Å². The van der Waals surface area contributed by atoms with Gasteiger partial charge in [0.25, 0.3) is 0 Å². The quantitative estimate of drug-likeness (QED) is 0.391. The topological polar surface area (TPSA) is 61.8 Å². The summed E-state index contributed by atoms with van der Waals surface area (Å²) < 4.78 is 5.56. The van der Waals surface area contributed by atoms with Gasteiger partial charge < -0.3 is 15.4 Å². The van der Waals surface area contributed by atoms with Gasteiger partial charge >= 0.3 is 0 Å². The van der Waals surface area contributed by atoms with Gasteiger partial charge in [0.15, 0.2) is 5.96 Å². The third-order valence-electron chi connectivity index (χ3n) is 5.44. The zero-order valence-electron chi connectivity index (χ0n) is 15.7. The SMILES string of the molecule is CN=C(NCc1ccccn1)NCC1(N2CCOCC2)CCCCC1.I. The van der Waals surface area contributed by atoms with Crippen LogP contribution in [0, 0.1) is 0 Å². The van der Waals surface area contributed by atoms with Gasteiger partial charge in [0.05, 0.1) is 25.5 Å². The minimum atomic E-state index is 0. The number of hydrogen-bond acceptors (Lipinski definition) is 4. The van der Waals surface area contributed by atoms with Crippen molar-refractivity contribution < 1.29 is 4.74 Å². The molecule has 146 valence electrons. The van der Waals surface area contributed by atoms with Gasteiger partial charge in [0, 0.05) is 38.4 Å². The maximum atomic E-state index is 5.56. The third-order valence-corrected chi connectivity index (χ3v) is 5.44. The average Bonchev–Trinajstić information content (AvgIpc) is 2.70. The highest BCUT2D eigenvalue weighted by Crippen LogP contribution is 2.33. The maximum Gasteiger partial charge on any atom is 0.191 e. The van der Waals surface area contributed by atoms with Gasteiger partial charge in [-0.05, 0) is 25.0 Å². The first-order valence-electron chi connectivity index (χ1n) is 9.50. The summed E-state index contributed by atoms with van der Waals surface area (Å²) in [5.41, 5.74) is 1.26. The fourth-order valence-corrected chi connectivity index (χ4v) is 4.00. The highest BCUT2D eigenvalue weighted by atomic mass is 127. The van der Waals surface area contributed by atoms with Crippen LogP contribution in [-0.2, 0) is 11.3 Å². The summed E-state index contributed by atoms with van der Waals surface area (Å²) in [7, 11) is 1.83. The number of rotatable bonds is 5. The molecule has 2 N–H and O–H groups in total. The molecule has 26 heavy (non-hydrogen) atoms. The monoisotopic (exact) mass is 473 g/mol. The van der Waals surface area contributed by atoms with Crippen molar-refractivity contribution in [1.29, 1.82) is 0 Å². The molecule has 0 unspecified atom stereocenters. The normalized spacial score (nSPS) is 20.9. The smallest absolute Gasteiger partial charge is 0.191 e. The predicted molar refractivity (Wildman–Crippen MR) is 116 cm³/mol. The molecule has 6 nitrogen and oxygen atoms in total. The fourth-order valence-electron chi connectivity index (χ4n) is 4.00. The number of nitrogens with zero attached hydrogens (tertiary/aromatic N) is 3. The number of hydrogen-bond donors (Lipinski definition) is 2. The first-order valence-corrected chi connectivity index (χ1v) is 9.50. The van der Waals surface area contributed by atoms with Gasteiger partial charge in [-0.1, -0.05) is 25.3 Å². The Labute approximate surface area is 174 Å². The van der Waals surface area contributed by atoms with E-state index in [0.717, 1.165) is 44.5 Å². The lowest BCUT2D eigenvalue weighted by molar-refractivity contribution is -0.0352. The zero-order valence-corrected chi connectivity index (χ0v) is 18.1. The Morgan fingerprint density at radius 2 is 1.96 bits per heavy atom. The van der Waals surface area contributed by atoms with E-state index in [-0.39, 0.29) is 29.5 Å². The summed E-state index contributed by atoms with van der Waals surface area (Å²) in [4.78, 5) is 11.4. The van der Waals surface area contributed by atoms with Crippen molar-refractivity contribution >= 4 is 29.9 Å². The molecule has 0 radical (unpaired) electrons. The van der Waals surface area contributed by atoms with Crippen LogP contribution in [0.25, 0.3) is 0 Å². The lowest BCUT2D eigenvalue weighted by Crippen LogP contribution is -2.60. The number of morpholine rings is 1. The van der Waals surface area contributed by atoms with Gasteiger partial charge in [-0.3, -0.25) is 14.9 Å². The molecule has 2 heterocycles. The average molecular weight is 473 g/mol. The summed E-state index contributed by atoms with van der Waals surface area (Å²) in [6, 6.07) is 5.97. The molecule has 0 bridgehead atoms. The van der Waals surface area contributed by atoms with Gasteiger partial charge in [-0.25, -0.2) is 0 Å². The van der Waals surface area contributed by atoms with Crippen molar-refractivity contribution in [2.24, 2.45) is 4.99 Å². The number of guanidine groups is 1. The van der Waals surface area contributed by atoms with Crippen LogP contribution in [0.5, 0.6) is 0 Å². The van der Waals surface area contributed by atoms with Crippen molar-refractivity contribution in [2.75, 3.05) is 39.9 Å². The van der Waals surface area contributed by atoms with E-state index in [1.165, 1.54) is 32.1 Å². The van der Waals surface area contributed by atoms with Crippen molar-refractivity contribution in [3.63, 3.8) is 0 Å². The van der Waals surface area contributed by atoms with Crippen LogP contribution in [0.3, 0.4) is 0 Å². The summed E-state index contributed by atoms with van der Waals surface area (Å²) in [5, 5.41) is 6.95. The van der Waals surface area contributed by atoms with E-state index in [1.54, 1.807) is 0 Å². The van der Waals surface area contributed by atoms with Crippen LogP contribution in [-0.4, -0.2) is 61.3 Å². The first-order chi connectivity index (χ1) is 12.3. The van der Waals surface area contributed by atoms with Crippen LogP contribution < -0.4 is 10.6 Å². The molecular formula is C19H32IN5O. The molecule has 0 spiro atoms. The molecule has 0 amide bonds. The number of aromatic nitrogens is 1.